The molecule has 0 saturated heterocycles. The van der Waals surface area contributed by atoms with Crippen molar-refractivity contribution in [3.8, 4) is 0 Å². The van der Waals surface area contributed by atoms with Gasteiger partial charge in [-0.25, -0.2) is 4.98 Å². The summed E-state index contributed by atoms with van der Waals surface area (Å²) in [5, 5.41) is 4.11. The largest absolute Gasteiger partial charge is 0.330 e. The summed E-state index contributed by atoms with van der Waals surface area (Å²) in [5.41, 5.74) is 2.25. The van der Waals surface area contributed by atoms with E-state index in [1.165, 1.54) is 17.1 Å². The molecule has 0 radical (unpaired) electrons. The smallest absolute Gasteiger partial charge is 0.207 e. The van der Waals surface area contributed by atoms with E-state index in [4.69, 9.17) is 11.6 Å². The Balaban J connectivity index is 2.06. The maximum absolute atomic E-state index is 5.72. The molecule has 1 aromatic heterocycles. The van der Waals surface area contributed by atoms with Gasteiger partial charge in [-0.3, -0.25) is 0 Å². The lowest BCUT2D eigenvalue weighted by Crippen LogP contribution is -2.13. The molecule has 19 heavy (non-hydrogen) atoms. The minimum absolute atomic E-state index is 0.0133. The minimum atomic E-state index is -0.0133. The van der Waals surface area contributed by atoms with Crippen molar-refractivity contribution in [3.63, 3.8) is 0 Å². The van der Waals surface area contributed by atoms with E-state index in [0.29, 0.717) is 5.88 Å². The molecule has 1 N–H and O–H groups in total. The van der Waals surface area contributed by atoms with Crippen molar-refractivity contribution in [1.82, 2.24) is 9.36 Å². The molecule has 0 saturated carbocycles. The van der Waals surface area contributed by atoms with Crippen molar-refractivity contribution in [2.45, 2.75) is 32.6 Å². The van der Waals surface area contributed by atoms with Crippen LogP contribution in [0.3, 0.4) is 0 Å². The Labute approximate surface area is 123 Å². The average Bonchev–Trinajstić information content (AvgIpc) is 2.80. The topological polar surface area (TPSA) is 37.8 Å². The summed E-state index contributed by atoms with van der Waals surface area (Å²) in [6.45, 7) is 6.33. The molecule has 2 rings (SSSR count). The molecule has 3 nitrogen and oxygen atoms in total. The first kappa shape index (κ1) is 14.3. The molecule has 0 spiro atoms. The van der Waals surface area contributed by atoms with Crippen LogP contribution in [0.25, 0.3) is 0 Å². The van der Waals surface area contributed by atoms with Crippen molar-refractivity contribution >= 4 is 34.0 Å². The summed E-state index contributed by atoms with van der Waals surface area (Å²) >= 11 is 7.11. The van der Waals surface area contributed by atoms with Crippen LogP contribution in [0, 0.1) is 0 Å². The van der Waals surface area contributed by atoms with E-state index in [0.717, 1.165) is 23.1 Å². The van der Waals surface area contributed by atoms with Gasteiger partial charge in [-0.15, -0.1) is 11.6 Å². The predicted octanol–water partition coefficient (Wildman–Crippen LogP) is 4.36. The average molecular weight is 296 g/mol. The maximum atomic E-state index is 5.72. The Morgan fingerprint density at radius 3 is 2.42 bits per heavy atom. The zero-order chi connectivity index (χ0) is 13.9. The van der Waals surface area contributed by atoms with E-state index in [1.807, 2.05) is 12.1 Å². The highest BCUT2D eigenvalue weighted by atomic mass is 35.5. The van der Waals surface area contributed by atoms with Gasteiger partial charge in [0, 0.05) is 28.5 Å². The first-order valence-corrected chi connectivity index (χ1v) is 7.56. The van der Waals surface area contributed by atoms with Crippen LogP contribution in [0.15, 0.2) is 24.3 Å². The van der Waals surface area contributed by atoms with E-state index < -0.39 is 0 Å². The molecule has 0 bridgehead atoms. The molecule has 0 aliphatic rings. The van der Waals surface area contributed by atoms with Crippen LogP contribution < -0.4 is 5.32 Å². The molecule has 0 unspecified atom stereocenters. The Morgan fingerprint density at radius 1 is 1.21 bits per heavy atom. The molecule has 0 aliphatic carbocycles. The molecule has 5 heteroatoms. The molecule has 0 aliphatic heterocycles. The lowest BCUT2D eigenvalue weighted by atomic mass is 9.96. The van der Waals surface area contributed by atoms with Crippen LogP contribution in [-0.4, -0.2) is 15.2 Å². The minimum Gasteiger partial charge on any atom is -0.330 e. The third kappa shape index (κ3) is 3.91. The number of nitrogens with one attached hydrogen (secondary N) is 1. The predicted molar refractivity (Wildman–Crippen MR) is 82.8 cm³/mol. The molecule has 0 atom stereocenters. The Bertz CT molecular complexity index is 528. The van der Waals surface area contributed by atoms with Gasteiger partial charge in [0.15, 0.2) is 0 Å². The normalized spacial score (nSPS) is 11.6. The number of hydrogen-bond donors (Lipinski definition) is 1. The van der Waals surface area contributed by atoms with E-state index in [-0.39, 0.29) is 5.41 Å². The summed E-state index contributed by atoms with van der Waals surface area (Å²) in [6.07, 6.45) is 0.898. The van der Waals surface area contributed by atoms with E-state index in [9.17, 15) is 0 Å². The van der Waals surface area contributed by atoms with E-state index in [1.54, 1.807) is 0 Å². The zero-order valence-electron chi connectivity index (χ0n) is 11.4. The van der Waals surface area contributed by atoms with Crippen LogP contribution in [0.1, 0.15) is 32.2 Å². The van der Waals surface area contributed by atoms with Gasteiger partial charge < -0.3 is 5.32 Å². The SMILES string of the molecule is CC(C)(C)c1nsc(Nc2ccc(CCCl)cc2)n1. The van der Waals surface area contributed by atoms with Crippen LogP contribution in [0.4, 0.5) is 10.8 Å². The van der Waals surface area contributed by atoms with Gasteiger partial charge in [0.2, 0.25) is 5.13 Å². The second-order valence-electron chi connectivity index (χ2n) is 5.43. The molecule has 102 valence electrons. The number of anilines is 2. The highest BCUT2D eigenvalue weighted by molar-refractivity contribution is 7.09. The van der Waals surface area contributed by atoms with Crippen LogP contribution in [0.2, 0.25) is 0 Å². The fourth-order valence-corrected chi connectivity index (χ4v) is 2.56. The highest BCUT2D eigenvalue weighted by Gasteiger charge is 2.19. The van der Waals surface area contributed by atoms with Crippen LogP contribution in [-0.2, 0) is 11.8 Å². The number of halogens is 1. The standard InChI is InChI=1S/C14H18ClN3S/c1-14(2,3)12-17-13(19-18-12)16-11-6-4-10(5-7-11)8-9-15/h4-7H,8-9H2,1-3H3,(H,16,17,18). The first-order chi connectivity index (χ1) is 8.99. The lowest BCUT2D eigenvalue weighted by Gasteiger charge is -2.12. The Kier molecular flexibility index (Phi) is 4.42. The summed E-state index contributed by atoms with van der Waals surface area (Å²) in [7, 11) is 0. The van der Waals surface area contributed by atoms with Crippen LogP contribution in [0.5, 0.6) is 0 Å². The number of aryl methyl sites for hydroxylation is 1. The van der Waals surface area contributed by atoms with Crippen molar-refractivity contribution in [3.05, 3.63) is 35.7 Å². The quantitative estimate of drug-likeness (QED) is 0.852. The maximum Gasteiger partial charge on any atom is 0.207 e. The van der Waals surface area contributed by atoms with Crippen molar-refractivity contribution in [2.24, 2.45) is 0 Å². The fraction of sp³-hybridized carbons (Fsp3) is 0.429. The van der Waals surface area contributed by atoms with Gasteiger partial charge in [0.05, 0.1) is 0 Å². The van der Waals surface area contributed by atoms with Gasteiger partial charge in [-0.1, -0.05) is 32.9 Å². The van der Waals surface area contributed by atoms with Crippen molar-refractivity contribution in [1.29, 1.82) is 0 Å². The number of hydrogen-bond acceptors (Lipinski definition) is 4. The summed E-state index contributed by atoms with van der Waals surface area (Å²) in [6, 6.07) is 8.24. The molecule has 1 heterocycles. The molecule has 0 fully saturated rings. The molecule has 2 aromatic rings. The second-order valence-corrected chi connectivity index (χ2v) is 6.56. The Hall–Kier alpha value is -1.13. The van der Waals surface area contributed by atoms with Gasteiger partial charge in [-0.05, 0) is 24.1 Å². The molecular formula is C14H18ClN3S. The van der Waals surface area contributed by atoms with Crippen molar-refractivity contribution in [2.75, 3.05) is 11.2 Å². The Morgan fingerprint density at radius 2 is 1.89 bits per heavy atom. The number of aromatic nitrogens is 2. The van der Waals surface area contributed by atoms with Gasteiger partial charge in [0.1, 0.15) is 5.82 Å². The molecular weight excluding hydrogens is 278 g/mol. The van der Waals surface area contributed by atoms with Gasteiger partial charge in [0.25, 0.3) is 0 Å². The summed E-state index contributed by atoms with van der Waals surface area (Å²) in [4.78, 5) is 4.51. The number of nitrogens with zero attached hydrogens (tertiary/aromatic N) is 2. The van der Waals surface area contributed by atoms with Crippen LogP contribution >= 0.6 is 23.1 Å². The third-order valence-corrected chi connectivity index (χ3v) is 3.50. The lowest BCUT2D eigenvalue weighted by molar-refractivity contribution is 0.555. The third-order valence-electron chi connectivity index (χ3n) is 2.69. The van der Waals surface area contributed by atoms with E-state index >= 15 is 0 Å². The number of rotatable bonds is 4. The van der Waals surface area contributed by atoms with E-state index in [2.05, 4.69) is 47.6 Å². The van der Waals surface area contributed by atoms with Gasteiger partial charge in [-0.2, -0.15) is 4.37 Å². The molecule has 0 amide bonds. The summed E-state index contributed by atoms with van der Waals surface area (Å²) in [5.74, 6) is 1.52. The molecule has 1 aromatic carbocycles. The second kappa shape index (κ2) is 5.88. The van der Waals surface area contributed by atoms with Crippen molar-refractivity contribution < 1.29 is 0 Å². The number of benzene rings is 1. The fourth-order valence-electron chi connectivity index (χ4n) is 1.57. The monoisotopic (exact) mass is 295 g/mol. The number of alkyl halides is 1. The first-order valence-electron chi connectivity index (χ1n) is 6.25. The van der Waals surface area contributed by atoms with Gasteiger partial charge >= 0.3 is 0 Å². The summed E-state index contributed by atoms with van der Waals surface area (Å²) < 4.78 is 4.38. The highest BCUT2D eigenvalue weighted by Crippen LogP contribution is 2.25. The zero-order valence-corrected chi connectivity index (χ0v) is 13.0.